The van der Waals surface area contributed by atoms with Crippen molar-refractivity contribution in [2.45, 2.75) is 25.9 Å². The summed E-state index contributed by atoms with van der Waals surface area (Å²) in [4.78, 5) is 4.23. The number of aromatic nitrogens is 3. The van der Waals surface area contributed by atoms with Gasteiger partial charge in [-0.2, -0.15) is 5.10 Å². The van der Waals surface area contributed by atoms with Gasteiger partial charge in [0.2, 0.25) is 6.43 Å². The summed E-state index contributed by atoms with van der Waals surface area (Å²) in [7, 11) is 1.61. The van der Waals surface area contributed by atoms with E-state index in [1.807, 2.05) is 6.92 Å². The smallest absolute Gasteiger partial charge is 0.244 e. The Bertz CT molecular complexity index is 585. The normalized spacial score (nSPS) is 13.2. The molecule has 104 valence electrons. The second-order valence-electron chi connectivity index (χ2n) is 4.07. The zero-order valence-electron chi connectivity index (χ0n) is 10.3. The van der Waals surface area contributed by atoms with Gasteiger partial charge in [0.15, 0.2) is 0 Å². The molecule has 0 saturated heterocycles. The molecule has 0 aliphatic carbocycles. The molecule has 2 heterocycles. The molecule has 1 N–H and O–H groups in total. The molecule has 0 aliphatic heterocycles. The molecule has 0 aromatic carbocycles. The molecule has 1 unspecified atom stereocenters. The minimum absolute atomic E-state index is 0.259. The highest BCUT2D eigenvalue weighted by Crippen LogP contribution is 2.32. The lowest BCUT2D eigenvalue weighted by molar-refractivity contribution is 0.147. The second-order valence-corrected chi connectivity index (χ2v) is 6.59. The maximum absolute atomic E-state index is 12.3. The second kappa shape index (κ2) is 5.64. The SMILES string of the molecule is Cc1nc(C(O)c2cc(CC(F)F)nn2C)c(Br)s1. The molecular formula is C11H12BrF2N3OS. The van der Waals surface area contributed by atoms with Gasteiger partial charge in [-0.3, -0.25) is 4.68 Å². The average molecular weight is 352 g/mol. The van der Waals surface area contributed by atoms with Crippen molar-refractivity contribution >= 4 is 27.3 Å². The molecule has 2 aromatic rings. The molecule has 0 aliphatic rings. The van der Waals surface area contributed by atoms with E-state index in [1.165, 1.54) is 22.1 Å². The quantitative estimate of drug-likeness (QED) is 0.921. The van der Waals surface area contributed by atoms with Gasteiger partial charge in [-0.1, -0.05) is 0 Å². The molecule has 8 heteroatoms. The summed E-state index contributed by atoms with van der Waals surface area (Å²) in [5.41, 5.74) is 1.19. The summed E-state index contributed by atoms with van der Waals surface area (Å²) in [6.45, 7) is 1.83. The molecule has 19 heavy (non-hydrogen) atoms. The molecule has 0 fully saturated rings. The zero-order chi connectivity index (χ0) is 14.2. The number of rotatable bonds is 4. The van der Waals surface area contributed by atoms with E-state index in [1.54, 1.807) is 7.05 Å². The largest absolute Gasteiger partial charge is 0.380 e. The van der Waals surface area contributed by atoms with E-state index in [4.69, 9.17) is 0 Å². The van der Waals surface area contributed by atoms with Gasteiger partial charge < -0.3 is 5.11 Å². The lowest BCUT2D eigenvalue weighted by Crippen LogP contribution is -2.07. The van der Waals surface area contributed by atoms with Gasteiger partial charge in [0.05, 0.1) is 26.6 Å². The number of alkyl halides is 2. The van der Waals surface area contributed by atoms with Crippen molar-refractivity contribution in [3.63, 3.8) is 0 Å². The van der Waals surface area contributed by atoms with Crippen molar-refractivity contribution in [1.82, 2.24) is 14.8 Å². The van der Waals surface area contributed by atoms with E-state index in [9.17, 15) is 13.9 Å². The van der Waals surface area contributed by atoms with Crippen LogP contribution in [0.15, 0.2) is 9.85 Å². The van der Waals surface area contributed by atoms with Crippen LogP contribution >= 0.6 is 27.3 Å². The predicted molar refractivity (Wildman–Crippen MR) is 71.5 cm³/mol. The van der Waals surface area contributed by atoms with Gasteiger partial charge in [-0.25, -0.2) is 13.8 Å². The van der Waals surface area contributed by atoms with Crippen molar-refractivity contribution in [1.29, 1.82) is 0 Å². The third-order valence-electron chi connectivity index (χ3n) is 2.59. The highest BCUT2D eigenvalue weighted by atomic mass is 79.9. The Hall–Kier alpha value is -0.860. The van der Waals surface area contributed by atoms with Crippen molar-refractivity contribution in [2.24, 2.45) is 7.05 Å². The summed E-state index contributed by atoms with van der Waals surface area (Å²) in [5.74, 6) is 0. The number of nitrogens with zero attached hydrogens (tertiary/aromatic N) is 3. The van der Waals surface area contributed by atoms with Crippen molar-refractivity contribution in [3.8, 4) is 0 Å². The van der Waals surface area contributed by atoms with E-state index < -0.39 is 19.0 Å². The van der Waals surface area contributed by atoms with E-state index in [0.717, 1.165) is 8.79 Å². The van der Waals surface area contributed by atoms with Gasteiger partial charge in [0.25, 0.3) is 0 Å². The van der Waals surface area contributed by atoms with Crippen LogP contribution in [0.4, 0.5) is 8.78 Å². The van der Waals surface area contributed by atoms with Gasteiger partial charge in [-0.15, -0.1) is 11.3 Å². The average Bonchev–Trinajstić information content (AvgIpc) is 2.80. The first-order valence-electron chi connectivity index (χ1n) is 5.50. The Morgan fingerprint density at radius 3 is 2.74 bits per heavy atom. The highest BCUT2D eigenvalue weighted by Gasteiger charge is 2.22. The van der Waals surface area contributed by atoms with Crippen LogP contribution in [-0.4, -0.2) is 26.3 Å². The Balaban J connectivity index is 2.31. The van der Waals surface area contributed by atoms with Crippen LogP contribution in [0, 0.1) is 6.92 Å². The summed E-state index contributed by atoms with van der Waals surface area (Å²) in [6.07, 6.45) is -3.85. The van der Waals surface area contributed by atoms with Crippen LogP contribution in [0.5, 0.6) is 0 Å². The number of aryl methyl sites for hydroxylation is 2. The summed E-state index contributed by atoms with van der Waals surface area (Å²) in [5, 5.41) is 15.1. The molecule has 0 bridgehead atoms. The van der Waals surface area contributed by atoms with E-state index in [2.05, 4.69) is 26.0 Å². The highest BCUT2D eigenvalue weighted by molar-refractivity contribution is 9.11. The number of thiazole rings is 1. The monoisotopic (exact) mass is 351 g/mol. The fourth-order valence-corrected chi connectivity index (χ4v) is 3.46. The summed E-state index contributed by atoms with van der Waals surface area (Å²) < 4.78 is 26.8. The van der Waals surface area contributed by atoms with E-state index in [-0.39, 0.29) is 5.69 Å². The van der Waals surface area contributed by atoms with Crippen molar-refractivity contribution < 1.29 is 13.9 Å². The predicted octanol–water partition coefficient (Wildman–Crippen LogP) is 2.84. The molecular weight excluding hydrogens is 340 g/mol. The molecule has 0 amide bonds. The van der Waals surface area contributed by atoms with Gasteiger partial charge in [0.1, 0.15) is 11.8 Å². The van der Waals surface area contributed by atoms with E-state index in [0.29, 0.717) is 11.4 Å². The van der Waals surface area contributed by atoms with Crippen LogP contribution in [0.3, 0.4) is 0 Å². The van der Waals surface area contributed by atoms with Crippen molar-refractivity contribution in [2.75, 3.05) is 0 Å². The fourth-order valence-electron chi connectivity index (χ4n) is 1.78. The minimum Gasteiger partial charge on any atom is -0.380 e. The maximum Gasteiger partial charge on any atom is 0.244 e. The van der Waals surface area contributed by atoms with Crippen LogP contribution in [-0.2, 0) is 13.5 Å². The molecule has 4 nitrogen and oxygen atoms in total. The van der Waals surface area contributed by atoms with Gasteiger partial charge in [-0.05, 0) is 28.9 Å². The Kier molecular flexibility index (Phi) is 4.32. The molecule has 2 rings (SSSR count). The lowest BCUT2D eigenvalue weighted by Gasteiger charge is -2.08. The maximum atomic E-state index is 12.3. The number of aliphatic hydroxyl groups is 1. The van der Waals surface area contributed by atoms with Gasteiger partial charge >= 0.3 is 0 Å². The number of hydrogen-bond acceptors (Lipinski definition) is 4. The minimum atomic E-state index is -2.45. The van der Waals surface area contributed by atoms with Crippen LogP contribution in [0.25, 0.3) is 0 Å². The van der Waals surface area contributed by atoms with Gasteiger partial charge in [0, 0.05) is 7.05 Å². The number of hydrogen-bond donors (Lipinski definition) is 1. The first-order chi connectivity index (χ1) is 8.88. The fraction of sp³-hybridized carbons (Fsp3) is 0.455. The van der Waals surface area contributed by atoms with Crippen molar-refractivity contribution in [3.05, 3.63) is 31.9 Å². The topological polar surface area (TPSA) is 50.9 Å². The molecule has 0 radical (unpaired) electrons. The molecule has 1 atom stereocenters. The molecule has 2 aromatic heterocycles. The van der Waals surface area contributed by atoms with Crippen LogP contribution in [0.2, 0.25) is 0 Å². The van der Waals surface area contributed by atoms with Crippen LogP contribution < -0.4 is 0 Å². The Morgan fingerprint density at radius 2 is 2.21 bits per heavy atom. The zero-order valence-corrected chi connectivity index (χ0v) is 12.7. The lowest BCUT2D eigenvalue weighted by atomic mass is 10.2. The Morgan fingerprint density at radius 1 is 1.53 bits per heavy atom. The van der Waals surface area contributed by atoms with E-state index >= 15 is 0 Å². The summed E-state index contributed by atoms with van der Waals surface area (Å²) >= 11 is 4.74. The molecule has 0 spiro atoms. The van der Waals surface area contributed by atoms with Crippen LogP contribution in [0.1, 0.15) is 28.2 Å². The number of halogens is 3. The summed E-state index contributed by atoms with van der Waals surface area (Å²) in [6, 6.07) is 1.48. The third-order valence-corrected chi connectivity index (χ3v) is 4.25. The standard InChI is InChI=1S/C11H12BrF2N3OS/c1-5-15-9(11(12)19-5)10(18)7-3-6(4-8(13)14)16-17(7)2/h3,8,10,18H,4H2,1-2H3. The first-order valence-corrected chi connectivity index (χ1v) is 7.11. The number of aliphatic hydroxyl groups excluding tert-OH is 1. The Labute approximate surface area is 121 Å². The molecule has 0 saturated carbocycles. The third kappa shape index (κ3) is 3.18. The first kappa shape index (κ1) is 14.5.